The molecule has 4 heteroatoms. The molecule has 1 fully saturated rings. The van der Waals surface area contributed by atoms with Gasteiger partial charge in [-0.3, -0.25) is 4.99 Å². The lowest BCUT2D eigenvalue weighted by Gasteiger charge is -2.17. The number of rotatable bonds is 3. The molecule has 0 atom stereocenters. The van der Waals surface area contributed by atoms with E-state index in [1.54, 1.807) is 7.05 Å². The molecule has 1 aromatic rings. The molecule has 16 heavy (non-hydrogen) atoms. The van der Waals surface area contributed by atoms with Crippen molar-refractivity contribution < 1.29 is 0 Å². The van der Waals surface area contributed by atoms with E-state index in [9.17, 15) is 0 Å². The van der Waals surface area contributed by atoms with Crippen LogP contribution in [0.2, 0.25) is 5.02 Å². The maximum atomic E-state index is 6.00. The minimum absolute atomic E-state index is 0.209. The van der Waals surface area contributed by atoms with Gasteiger partial charge in [0.2, 0.25) is 0 Å². The number of guanidine groups is 1. The van der Waals surface area contributed by atoms with E-state index in [-0.39, 0.29) is 5.41 Å². The van der Waals surface area contributed by atoms with Crippen molar-refractivity contribution in [3.63, 3.8) is 0 Å². The fraction of sp³-hybridized carbons (Fsp3) is 0.417. The Labute approximate surface area is 101 Å². The number of nitrogens with one attached hydrogen (secondary N) is 1. The van der Waals surface area contributed by atoms with Crippen molar-refractivity contribution in [1.29, 1.82) is 0 Å². The Morgan fingerprint density at radius 2 is 2.31 bits per heavy atom. The standard InChI is InChI=1S/C12H16ClN3/c1-15-11(14)16-8-12(5-6-12)9-3-2-4-10(13)7-9/h2-4,7H,5-6,8H2,1H3,(H3,14,15,16). The van der Waals surface area contributed by atoms with E-state index in [4.69, 9.17) is 17.3 Å². The summed E-state index contributed by atoms with van der Waals surface area (Å²) in [6, 6.07) is 8.06. The topological polar surface area (TPSA) is 50.4 Å². The van der Waals surface area contributed by atoms with Crippen molar-refractivity contribution in [2.24, 2.45) is 10.7 Å². The van der Waals surface area contributed by atoms with Crippen LogP contribution in [0.1, 0.15) is 18.4 Å². The maximum Gasteiger partial charge on any atom is 0.188 e. The Bertz CT molecular complexity index is 410. The van der Waals surface area contributed by atoms with Gasteiger partial charge in [0.15, 0.2) is 5.96 Å². The van der Waals surface area contributed by atoms with E-state index in [2.05, 4.69) is 16.4 Å². The summed E-state index contributed by atoms with van der Waals surface area (Å²) >= 11 is 6.00. The number of hydrogen-bond acceptors (Lipinski definition) is 1. The number of benzene rings is 1. The maximum absolute atomic E-state index is 6.00. The average molecular weight is 238 g/mol. The Balaban J connectivity index is 2.08. The molecule has 0 aliphatic heterocycles. The monoisotopic (exact) mass is 237 g/mol. The van der Waals surface area contributed by atoms with Gasteiger partial charge in [0.25, 0.3) is 0 Å². The predicted molar refractivity (Wildman–Crippen MR) is 67.9 cm³/mol. The summed E-state index contributed by atoms with van der Waals surface area (Å²) < 4.78 is 0. The first-order valence-corrected chi connectivity index (χ1v) is 5.76. The Hall–Kier alpha value is -1.22. The summed E-state index contributed by atoms with van der Waals surface area (Å²) in [7, 11) is 1.68. The lowest BCUT2D eigenvalue weighted by molar-refractivity contribution is 0.656. The number of halogens is 1. The zero-order chi connectivity index (χ0) is 11.6. The van der Waals surface area contributed by atoms with Gasteiger partial charge in [-0.15, -0.1) is 0 Å². The summed E-state index contributed by atoms with van der Waals surface area (Å²) in [4.78, 5) is 3.89. The second-order valence-corrected chi connectivity index (χ2v) is 4.69. The van der Waals surface area contributed by atoms with Gasteiger partial charge in [-0.05, 0) is 30.5 Å². The van der Waals surface area contributed by atoms with Crippen LogP contribution in [0.4, 0.5) is 0 Å². The largest absolute Gasteiger partial charge is 0.370 e. The highest BCUT2D eigenvalue weighted by Crippen LogP contribution is 2.47. The predicted octanol–water partition coefficient (Wildman–Crippen LogP) is 1.91. The highest BCUT2D eigenvalue weighted by Gasteiger charge is 2.44. The zero-order valence-corrected chi connectivity index (χ0v) is 10.1. The van der Waals surface area contributed by atoms with Crippen molar-refractivity contribution in [2.45, 2.75) is 18.3 Å². The zero-order valence-electron chi connectivity index (χ0n) is 9.33. The highest BCUT2D eigenvalue weighted by atomic mass is 35.5. The molecule has 0 saturated heterocycles. The number of nitrogens with two attached hydrogens (primary N) is 1. The molecule has 1 aromatic carbocycles. The van der Waals surface area contributed by atoms with Gasteiger partial charge in [0, 0.05) is 24.0 Å². The molecule has 0 bridgehead atoms. The lowest BCUT2D eigenvalue weighted by Crippen LogP contribution is -2.37. The second-order valence-electron chi connectivity index (χ2n) is 4.25. The minimum atomic E-state index is 0.209. The summed E-state index contributed by atoms with van der Waals surface area (Å²) in [6.45, 7) is 0.830. The Kier molecular flexibility index (Phi) is 3.06. The van der Waals surface area contributed by atoms with Crippen LogP contribution < -0.4 is 11.1 Å². The summed E-state index contributed by atoms with van der Waals surface area (Å²) in [5.41, 5.74) is 7.13. The molecule has 1 saturated carbocycles. The van der Waals surface area contributed by atoms with E-state index in [1.165, 1.54) is 18.4 Å². The number of hydrogen-bond donors (Lipinski definition) is 2. The average Bonchev–Trinajstić information content (AvgIpc) is 3.07. The van der Waals surface area contributed by atoms with Crippen molar-refractivity contribution in [3.05, 3.63) is 34.9 Å². The van der Waals surface area contributed by atoms with Crippen LogP contribution in [0.25, 0.3) is 0 Å². The molecule has 0 aromatic heterocycles. The normalized spacial score (nSPS) is 18.2. The second kappa shape index (κ2) is 4.34. The Morgan fingerprint density at radius 1 is 1.56 bits per heavy atom. The van der Waals surface area contributed by atoms with E-state index in [1.807, 2.05) is 18.2 Å². The van der Waals surface area contributed by atoms with Crippen molar-refractivity contribution >= 4 is 17.6 Å². The molecule has 0 radical (unpaired) electrons. The number of nitrogens with zero attached hydrogens (tertiary/aromatic N) is 1. The Morgan fingerprint density at radius 3 is 2.88 bits per heavy atom. The van der Waals surface area contributed by atoms with Crippen molar-refractivity contribution in [3.8, 4) is 0 Å². The molecule has 3 N–H and O–H groups in total. The molecule has 0 amide bonds. The summed E-state index contributed by atoms with van der Waals surface area (Å²) in [5.74, 6) is 0.494. The van der Waals surface area contributed by atoms with Crippen molar-refractivity contribution in [2.75, 3.05) is 13.6 Å². The summed E-state index contributed by atoms with van der Waals surface area (Å²) in [6.07, 6.45) is 2.36. The quantitative estimate of drug-likeness (QED) is 0.623. The lowest BCUT2D eigenvalue weighted by atomic mass is 9.96. The van der Waals surface area contributed by atoms with Gasteiger partial charge in [-0.25, -0.2) is 0 Å². The molecule has 3 nitrogen and oxygen atoms in total. The smallest absolute Gasteiger partial charge is 0.188 e. The third-order valence-electron chi connectivity index (χ3n) is 3.14. The first-order valence-electron chi connectivity index (χ1n) is 5.38. The van der Waals surface area contributed by atoms with Gasteiger partial charge in [-0.1, -0.05) is 23.7 Å². The number of aliphatic imine (C=N–C) groups is 1. The fourth-order valence-electron chi connectivity index (χ4n) is 1.88. The highest BCUT2D eigenvalue weighted by molar-refractivity contribution is 6.30. The SMILES string of the molecule is CN=C(N)NCC1(c2cccc(Cl)c2)CC1. The van der Waals surface area contributed by atoms with Crippen LogP contribution in [-0.4, -0.2) is 19.6 Å². The molecular formula is C12H16ClN3. The molecular weight excluding hydrogens is 222 g/mol. The summed E-state index contributed by atoms with van der Waals surface area (Å²) in [5, 5.41) is 3.93. The van der Waals surface area contributed by atoms with Crippen LogP contribution in [0.15, 0.2) is 29.3 Å². The van der Waals surface area contributed by atoms with Crippen molar-refractivity contribution in [1.82, 2.24) is 5.32 Å². The van der Waals surface area contributed by atoms with Crippen LogP contribution >= 0.6 is 11.6 Å². The van der Waals surface area contributed by atoms with Crippen LogP contribution in [0.5, 0.6) is 0 Å². The van der Waals surface area contributed by atoms with E-state index < -0.39 is 0 Å². The van der Waals surface area contributed by atoms with Gasteiger partial charge < -0.3 is 11.1 Å². The molecule has 0 heterocycles. The van der Waals surface area contributed by atoms with Gasteiger partial charge in [0.05, 0.1) is 0 Å². The van der Waals surface area contributed by atoms with Gasteiger partial charge in [0.1, 0.15) is 0 Å². The minimum Gasteiger partial charge on any atom is -0.370 e. The van der Waals surface area contributed by atoms with E-state index >= 15 is 0 Å². The van der Waals surface area contributed by atoms with Crippen LogP contribution in [-0.2, 0) is 5.41 Å². The first-order chi connectivity index (χ1) is 7.66. The molecule has 2 rings (SSSR count). The molecule has 1 aliphatic rings. The van der Waals surface area contributed by atoms with Crippen LogP contribution in [0, 0.1) is 0 Å². The van der Waals surface area contributed by atoms with Gasteiger partial charge >= 0.3 is 0 Å². The van der Waals surface area contributed by atoms with E-state index in [0.717, 1.165) is 11.6 Å². The van der Waals surface area contributed by atoms with Crippen LogP contribution in [0.3, 0.4) is 0 Å². The third kappa shape index (κ3) is 2.30. The third-order valence-corrected chi connectivity index (χ3v) is 3.37. The first kappa shape index (κ1) is 11.3. The molecule has 0 spiro atoms. The molecule has 0 unspecified atom stereocenters. The van der Waals surface area contributed by atoms with Gasteiger partial charge in [-0.2, -0.15) is 0 Å². The molecule has 1 aliphatic carbocycles. The fourth-order valence-corrected chi connectivity index (χ4v) is 2.07. The van der Waals surface area contributed by atoms with E-state index in [0.29, 0.717) is 5.96 Å². The molecule has 86 valence electrons.